The first-order chi connectivity index (χ1) is 12.4. The van der Waals surface area contributed by atoms with E-state index in [2.05, 4.69) is 10.2 Å². The van der Waals surface area contributed by atoms with Crippen LogP contribution in [0.4, 0.5) is 0 Å². The lowest BCUT2D eigenvalue weighted by atomic mass is 9.85. The average Bonchev–Trinajstić information content (AvgIpc) is 3.33. The maximum atomic E-state index is 12.7. The molecule has 142 valence electrons. The summed E-state index contributed by atoms with van der Waals surface area (Å²) < 4.78 is 0. The second-order valence-corrected chi connectivity index (χ2v) is 7.96. The molecule has 2 N–H and O–H groups in total. The van der Waals surface area contributed by atoms with E-state index in [1.807, 2.05) is 43.3 Å². The molecule has 0 saturated heterocycles. The van der Waals surface area contributed by atoms with Crippen LogP contribution >= 0.6 is 0 Å². The van der Waals surface area contributed by atoms with Gasteiger partial charge in [-0.05, 0) is 57.3 Å². The molecule has 1 amide bonds. The molecule has 0 radical (unpaired) electrons. The Morgan fingerprint density at radius 3 is 2.50 bits per heavy atom. The van der Waals surface area contributed by atoms with Gasteiger partial charge in [0.05, 0.1) is 6.54 Å². The van der Waals surface area contributed by atoms with Gasteiger partial charge >= 0.3 is 5.97 Å². The van der Waals surface area contributed by atoms with Crippen LogP contribution in [0.25, 0.3) is 0 Å². The van der Waals surface area contributed by atoms with Crippen LogP contribution in [0.5, 0.6) is 0 Å². The van der Waals surface area contributed by atoms with Crippen LogP contribution in [0.3, 0.4) is 0 Å². The Hall–Kier alpha value is -1.92. The monoisotopic (exact) mass is 359 g/mol. The summed E-state index contributed by atoms with van der Waals surface area (Å²) in [5.74, 6) is -0.130. The number of carbonyl (C=O) groups excluding carboxylic acids is 1. The lowest BCUT2D eigenvalue weighted by Gasteiger charge is -2.42. The van der Waals surface area contributed by atoms with Gasteiger partial charge in [0.15, 0.2) is 0 Å². The van der Waals surface area contributed by atoms with Gasteiger partial charge in [0.1, 0.15) is 0 Å². The average molecular weight is 359 g/mol. The summed E-state index contributed by atoms with van der Waals surface area (Å²) in [4.78, 5) is 27.9. The Balaban J connectivity index is 1.53. The van der Waals surface area contributed by atoms with Gasteiger partial charge in [-0.2, -0.15) is 0 Å². The zero-order valence-electron chi connectivity index (χ0n) is 15.6. The fraction of sp³-hybridized carbons (Fsp3) is 0.600. The number of carboxylic acids is 1. The molecule has 3 rings (SSSR count). The molecule has 1 aromatic carbocycles. The number of nitrogens with zero attached hydrogens (tertiary/aromatic N) is 2. The highest BCUT2D eigenvalue weighted by atomic mass is 16.4. The van der Waals surface area contributed by atoms with Crippen LogP contribution < -0.4 is 5.32 Å². The molecule has 0 heterocycles. The molecule has 0 bridgehead atoms. The number of hydrogen-bond donors (Lipinski definition) is 2. The van der Waals surface area contributed by atoms with E-state index < -0.39 is 5.97 Å². The molecular formula is C20H29N3O3. The maximum Gasteiger partial charge on any atom is 0.317 e. The fourth-order valence-electron chi connectivity index (χ4n) is 3.64. The highest BCUT2D eigenvalue weighted by Gasteiger charge is 2.37. The van der Waals surface area contributed by atoms with Gasteiger partial charge in [-0.25, -0.2) is 0 Å². The molecule has 1 aromatic rings. The summed E-state index contributed by atoms with van der Waals surface area (Å²) in [6, 6.07) is 8.11. The van der Waals surface area contributed by atoms with Crippen molar-refractivity contribution in [3.63, 3.8) is 0 Å². The number of carbonyl (C=O) groups is 2. The molecule has 0 aromatic heterocycles. The zero-order valence-corrected chi connectivity index (χ0v) is 15.6. The molecule has 6 heteroatoms. The topological polar surface area (TPSA) is 72.9 Å². The van der Waals surface area contributed by atoms with Gasteiger partial charge in [0.25, 0.3) is 5.91 Å². The standard InChI is InChI=1S/C20H29N3O3/c1-22(2)12-15-5-3-4-6-18(15)20(26)21-16-9-17(10-16)23(13-19(24)25)11-14-7-8-14/h3-6,14,16-17H,7-13H2,1-2H3,(H,21,26)(H,24,25). The first-order valence-electron chi connectivity index (χ1n) is 9.41. The lowest BCUT2D eigenvalue weighted by molar-refractivity contribution is -0.139. The van der Waals surface area contributed by atoms with Gasteiger partial charge in [-0.1, -0.05) is 18.2 Å². The van der Waals surface area contributed by atoms with Crippen molar-refractivity contribution in [2.24, 2.45) is 5.92 Å². The molecule has 2 aliphatic rings. The third-order valence-corrected chi connectivity index (χ3v) is 5.24. The highest BCUT2D eigenvalue weighted by Crippen LogP contribution is 2.33. The first kappa shape index (κ1) is 18.9. The summed E-state index contributed by atoms with van der Waals surface area (Å²) in [6.07, 6.45) is 4.10. The quantitative estimate of drug-likeness (QED) is 0.703. The number of rotatable bonds is 9. The molecular weight excluding hydrogens is 330 g/mol. The van der Waals surface area contributed by atoms with Crippen LogP contribution in [0.15, 0.2) is 24.3 Å². The minimum absolute atomic E-state index is 0.0297. The Kier molecular flexibility index (Phi) is 5.94. The third-order valence-electron chi connectivity index (χ3n) is 5.24. The molecule has 2 fully saturated rings. The van der Waals surface area contributed by atoms with Crippen LogP contribution in [-0.2, 0) is 11.3 Å². The SMILES string of the molecule is CN(C)Cc1ccccc1C(=O)NC1CC(N(CC(=O)O)CC2CC2)C1. The van der Waals surface area contributed by atoms with Gasteiger partial charge in [0.2, 0.25) is 0 Å². The minimum atomic E-state index is -0.768. The smallest absolute Gasteiger partial charge is 0.317 e. The number of carboxylic acid groups (broad SMARTS) is 1. The molecule has 2 aliphatic carbocycles. The third kappa shape index (κ3) is 5.05. The Morgan fingerprint density at radius 2 is 1.88 bits per heavy atom. The number of hydrogen-bond acceptors (Lipinski definition) is 4. The van der Waals surface area contributed by atoms with E-state index in [0.717, 1.165) is 37.1 Å². The van der Waals surface area contributed by atoms with E-state index >= 15 is 0 Å². The molecule has 0 unspecified atom stereocenters. The molecule has 0 spiro atoms. The Bertz CT molecular complexity index is 651. The predicted octanol–water partition coefficient (Wildman–Crippen LogP) is 1.81. The fourth-order valence-corrected chi connectivity index (χ4v) is 3.64. The van der Waals surface area contributed by atoms with Crippen LogP contribution in [0.2, 0.25) is 0 Å². The van der Waals surface area contributed by atoms with Crippen molar-refractivity contribution in [2.75, 3.05) is 27.2 Å². The number of amides is 1. The molecule has 0 atom stereocenters. The maximum absolute atomic E-state index is 12.7. The number of nitrogens with one attached hydrogen (secondary N) is 1. The Morgan fingerprint density at radius 1 is 1.19 bits per heavy atom. The second kappa shape index (κ2) is 8.18. The van der Waals surface area contributed by atoms with Crippen molar-refractivity contribution in [3.05, 3.63) is 35.4 Å². The summed E-state index contributed by atoms with van der Waals surface area (Å²) in [5.41, 5.74) is 1.75. The van der Waals surface area contributed by atoms with Crippen molar-refractivity contribution in [2.45, 2.75) is 44.3 Å². The van der Waals surface area contributed by atoms with E-state index in [1.165, 1.54) is 12.8 Å². The highest BCUT2D eigenvalue weighted by molar-refractivity contribution is 5.95. The van der Waals surface area contributed by atoms with Crippen LogP contribution in [-0.4, -0.2) is 66.1 Å². The largest absolute Gasteiger partial charge is 0.480 e. The first-order valence-corrected chi connectivity index (χ1v) is 9.41. The van der Waals surface area contributed by atoms with Gasteiger partial charge < -0.3 is 15.3 Å². The van der Waals surface area contributed by atoms with Crippen molar-refractivity contribution >= 4 is 11.9 Å². The van der Waals surface area contributed by atoms with E-state index in [0.29, 0.717) is 5.92 Å². The molecule has 2 saturated carbocycles. The van der Waals surface area contributed by atoms with Crippen LogP contribution in [0, 0.1) is 5.92 Å². The van der Waals surface area contributed by atoms with Crippen molar-refractivity contribution < 1.29 is 14.7 Å². The van der Waals surface area contributed by atoms with E-state index in [-0.39, 0.29) is 24.5 Å². The number of benzene rings is 1. The normalized spacial score (nSPS) is 22.3. The van der Waals surface area contributed by atoms with E-state index in [9.17, 15) is 9.59 Å². The van der Waals surface area contributed by atoms with Crippen molar-refractivity contribution in [1.82, 2.24) is 15.1 Å². The second-order valence-electron chi connectivity index (χ2n) is 7.96. The van der Waals surface area contributed by atoms with Gasteiger partial charge in [-0.15, -0.1) is 0 Å². The van der Waals surface area contributed by atoms with Gasteiger partial charge in [-0.3, -0.25) is 14.5 Å². The van der Waals surface area contributed by atoms with Crippen LogP contribution in [0.1, 0.15) is 41.6 Å². The molecule has 26 heavy (non-hydrogen) atoms. The van der Waals surface area contributed by atoms with Crippen molar-refractivity contribution in [3.8, 4) is 0 Å². The summed E-state index contributed by atoms with van der Waals surface area (Å²) in [7, 11) is 3.98. The predicted molar refractivity (Wildman–Crippen MR) is 100 cm³/mol. The van der Waals surface area contributed by atoms with Crippen molar-refractivity contribution in [1.29, 1.82) is 0 Å². The molecule has 0 aliphatic heterocycles. The van der Waals surface area contributed by atoms with Gasteiger partial charge in [0, 0.05) is 30.7 Å². The van der Waals surface area contributed by atoms with E-state index in [4.69, 9.17) is 5.11 Å². The summed E-state index contributed by atoms with van der Waals surface area (Å²) in [6.45, 7) is 1.71. The minimum Gasteiger partial charge on any atom is -0.480 e. The summed E-state index contributed by atoms with van der Waals surface area (Å²) in [5, 5.41) is 12.3. The summed E-state index contributed by atoms with van der Waals surface area (Å²) >= 11 is 0. The van der Waals surface area contributed by atoms with E-state index in [1.54, 1.807) is 0 Å². The number of aliphatic carboxylic acids is 1. The zero-order chi connectivity index (χ0) is 18.7. The Labute approximate surface area is 155 Å². The molecule has 6 nitrogen and oxygen atoms in total. The lowest BCUT2D eigenvalue weighted by Crippen LogP contribution is -2.55.